The van der Waals surface area contributed by atoms with Crippen LogP contribution in [0.5, 0.6) is 0 Å². The van der Waals surface area contributed by atoms with Crippen LogP contribution in [0.1, 0.15) is 36.8 Å². The van der Waals surface area contributed by atoms with E-state index in [-0.39, 0.29) is 11.9 Å². The maximum atomic E-state index is 13.0. The first-order chi connectivity index (χ1) is 11.6. The summed E-state index contributed by atoms with van der Waals surface area (Å²) >= 11 is 0. The molecule has 0 radical (unpaired) electrons. The van der Waals surface area contributed by atoms with Gasteiger partial charge in [0.05, 0.1) is 12.6 Å². The number of hydrogen-bond acceptors (Lipinski definition) is 5. The maximum absolute atomic E-state index is 13.0. The Hall–Kier alpha value is -2.21. The van der Waals surface area contributed by atoms with Crippen molar-refractivity contribution in [2.45, 2.75) is 45.8 Å². The van der Waals surface area contributed by atoms with Crippen molar-refractivity contribution < 1.29 is 9.21 Å². The topological polar surface area (TPSA) is 62.5 Å². The van der Waals surface area contributed by atoms with Gasteiger partial charge in [-0.1, -0.05) is 38.1 Å². The van der Waals surface area contributed by atoms with Crippen molar-refractivity contribution in [3.63, 3.8) is 0 Å². The van der Waals surface area contributed by atoms with Gasteiger partial charge in [0.15, 0.2) is 0 Å². The van der Waals surface area contributed by atoms with Crippen LogP contribution in [0, 0.1) is 0 Å². The van der Waals surface area contributed by atoms with E-state index in [4.69, 9.17) is 4.42 Å². The number of amides is 1. The van der Waals surface area contributed by atoms with Crippen LogP contribution < -0.4 is 0 Å². The monoisotopic (exact) mass is 328 g/mol. The molecular formula is C18H24N4O2. The Bertz CT molecular complexity index is 713. The standard InChI is InChI=1S/C18H24N4O2/c1-4-16-19-20-17(24-16)12-21(3)18(23)15-10-13-8-6-7-9-14(13)11-22(15)5-2/h6-9,15H,4-5,10-12H2,1-3H3. The SMILES string of the molecule is CCc1nnc(CN(C)C(=O)C2Cc3ccccc3CN2CC)o1. The molecule has 24 heavy (non-hydrogen) atoms. The molecule has 0 spiro atoms. The molecule has 6 nitrogen and oxygen atoms in total. The van der Waals surface area contributed by atoms with Crippen molar-refractivity contribution in [1.82, 2.24) is 20.0 Å². The Morgan fingerprint density at radius 3 is 2.62 bits per heavy atom. The molecule has 1 aromatic heterocycles. The summed E-state index contributed by atoms with van der Waals surface area (Å²) in [4.78, 5) is 16.9. The zero-order valence-corrected chi connectivity index (χ0v) is 14.5. The third-order valence-corrected chi connectivity index (χ3v) is 4.60. The van der Waals surface area contributed by atoms with E-state index in [1.54, 1.807) is 11.9 Å². The van der Waals surface area contributed by atoms with Gasteiger partial charge >= 0.3 is 0 Å². The van der Waals surface area contributed by atoms with Crippen molar-refractivity contribution in [2.24, 2.45) is 0 Å². The molecule has 1 unspecified atom stereocenters. The number of carbonyl (C=O) groups excluding carboxylic acids is 1. The van der Waals surface area contributed by atoms with E-state index in [2.05, 4.69) is 40.2 Å². The highest BCUT2D eigenvalue weighted by atomic mass is 16.4. The van der Waals surface area contributed by atoms with Crippen LogP contribution in [-0.2, 0) is 30.7 Å². The van der Waals surface area contributed by atoms with Crippen molar-refractivity contribution >= 4 is 5.91 Å². The van der Waals surface area contributed by atoms with Crippen LogP contribution in [-0.4, -0.2) is 45.5 Å². The fourth-order valence-electron chi connectivity index (χ4n) is 3.18. The first kappa shape index (κ1) is 16.6. The van der Waals surface area contributed by atoms with Gasteiger partial charge in [0.2, 0.25) is 17.7 Å². The quantitative estimate of drug-likeness (QED) is 0.840. The van der Waals surface area contributed by atoms with Gasteiger partial charge in [-0.05, 0) is 24.1 Å². The Morgan fingerprint density at radius 2 is 1.96 bits per heavy atom. The molecule has 128 valence electrons. The fraction of sp³-hybridized carbons (Fsp3) is 0.500. The number of aromatic nitrogens is 2. The summed E-state index contributed by atoms with van der Waals surface area (Å²) < 4.78 is 5.52. The van der Waals surface area contributed by atoms with E-state index in [0.717, 1.165) is 19.5 Å². The van der Waals surface area contributed by atoms with Gasteiger partial charge in [0, 0.05) is 20.0 Å². The largest absolute Gasteiger partial charge is 0.423 e. The zero-order valence-electron chi connectivity index (χ0n) is 14.5. The Balaban J connectivity index is 1.73. The highest BCUT2D eigenvalue weighted by molar-refractivity contribution is 5.82. The molecule has 3 rings (SSSR count). The number of rotatable bonds is 5. The van der Waals surface area contributed by atoms with Crippen molar-refractivity contribution in [1.29, 1.82) is 0 Å². The normalized spacial score (nSPS) is 17.5. The first-order valence-electron chi connectivity index (χ1n) is 8.49. The minimum atomic E-state index is -0.136. The predicted octanol–water partition coefficient (Wildman–Crippen LogP) is 2.04. The third-order valence-electron chi connectivity index (χ3n) is 4.60. The number of benzene rings is 1. The van der Waals surface area contributed by atoms with E-state index >= 15 is 0 Å². The second-order valence-electron chi connectivity index (χ2n) is 6.19. The number of likely N-dealkylation sites (N-methyl/N-ethyl adjacent to an activating group) is 2. The van der Waals surface area contributed by atoms with Gasteiger partial charge in [0.25, 0.3) is 0 Å². The molecule has 0 fully saturated rings. The van der Waals surface area contributed by atoms with E-state index < -0.39 is 0 Å². The number of hydrogen-bond donors (Lipinski definition) is 0. The lowest BCUT2D eigenvalue weighted by Gasteiger charge is -2.36. The van der Waals surface area contributed by atoms with Crippen LogP contribution >= 0.6 is 0 Å². The van der Waals surface area contributed by atoms with Gasteiger partial charge in [-0.2, -0.15) is 0 Å². The minimum Gasteiger partial charge on any atom is -0.423 e. The van der Waals surface area contributed by atoms with Gasteiger partial charge in [-0.15, -0.1) is 10.2 Å². The number of fused-ring (bicyclic) bond motifs is 1. The maximum Gasteiger partial charge on any atom is 0.240 e. The van der Waals surface area contributed by atoms with Crippen molar-refractivity contribution in [2.75, 3.05) is 13.6 Å². The Morgan fingerprint density at radius 1 is 1.25 bits per heavy atom. The molecule has 0 bridgehead atoms. The summed E-state index contributed by atoms with van der Waals surface area (Å²) in [7, 11) is 1.80. The van der Waals surface area contributed by atoms with E-state index in [1.807, 2.05) is 13.0 Å². The Labute approximate surface area is 142 Å². The molecular weight excluding hydrogens is 304 g/mol. The molecule has 1 aliphatic rings. The molecule has 1 aromatic carbocycles. The fourth-order valence-corrected chi connectivity index (χ4v) is 3.18. The molecule has 0 saturated carbocycles. The lowest BCUT2D eigenvalue weighted by molar-refractivity contribution is -0.137. The number of nitrogens with zero attached hydrogens (tertiary/aromatic N) is 4. The van der Waals surface area contributed by atoms with Gasteiger partial charge < -0.3 is 9.32 Å². The molecule has 6 heteroatoms. The smallest absolute Gasteiger partial charge is 0.240 e. The molecule has 2 aromatic rings. The summed E-state index contributed by atoms with van der Waals surface area (Å²) in [6.45, 7) is 6.07. The van der Waals surface area contributed by atoms with E-state index in [1.165, 1.54) is 11.1 Å². The van der Waals surface area contributed by atoms with Crippen LogP contribution in [0.3, 0.4) is 0 Å². The highest BCUT2D eigenvalue weighted by Crippen LogP contribution is 2.24. The molecule has 0 saturated heterocycles. The summed E-state index contributed by atoms with van der Waals surface area (Å²) in [5.41, 5.74) is 2.58. The third kappa shape index (κ3) is 3.33. The van der Waals surface area contributed by atoms with Crippen LogP contribution in [0.15, 0.2) is 28.7 Å². The van der Waals surface area contributed by atoms with Crippen LogP contribution in [0.4, 0.5) is 0 Å². The average Bonchev–Trinajstić information content (AvgIpc) is 3.07. The second-order valence-corrected chi connectivity index (χ2v) is 6.19. The first-order valence-corrected chi connectivity index (χ1v) is 8.49. The van der Waals surface area contributed by atoms with Gasteiger partial charge in [-0.25, -0.2) is 0 Å². The van der Waals surface area contributed by atoms with Gasteiger partial charge in [-0.3, -0.25) is 9.69 Å². The van der Waals surface area contributed by atoms with E-state index in [0.29, 0.717) is 24.7 Å². The highest BCUT2D eigenvalue weighted by Gasteiger charge is 2.32. The average molecular weight is 328 g/mol. The van der Waals surface area contributed by atoms with E-state index in [9.17, 15) is 4.79 Å². The summed E-state index contributed by atoms with van der Waals surface area (Å²) in [5.74, 6) is 1.19. The summed E-state index contributed by atoms with van der Waals surface area (Å²) in [5, 5.41) is 7.96. The second kappa shape index (κ2) is 7.13. The van der Waals surface area contributed by atoms with Gasteiger partial charge in [0.1, 0.15) is 0 Å². The summed E-state index contributed by atoms with van der Waals surface area (Å²) in [6, 6.07) is 8.22. The summed E-state index contributed by atoms with van der Waals surface area (Å²) in [6.07, 6.45) is 1.45. The minimum absolute atomic E-state index is 0.0996. The molecule has 2 heterocycles. The number of carbonyl (C=O) groups is 1. The van der Waals surface area contributed by atoms with Crippen LogP contribution in [0.25, 0.3) is 0 Å². The number of aryl methyl sites for hydroxylation is 1. The lowest BCUT2D eigenvalue weighted by atomic mass is 9.93. The predicted molar refractivity (Wildman–Crippen MR) is 90.2 cm³/mol. The van der Waals surface area contributed by atoms with Crippen molar-refractivity contribution in [3.05, 3.63) is 47.2 Å². The molecule has 1 aliphatic heterocycles. The lowest BCUT2D eigenvalue weighted by Crippen LogP contribution is -2.50. The molecule has 0 N–H and O–H groups in total. The van der Waals surface area contributed by atoms with Crippen molar-refractivity contribution in [3.8, 4) is 0 Å². The molecule has 1 atom stereocenters. The van der Waals surface area contributed by atoms with Crippen LogP contribution in [0.2, 0.25) is 0 Å². The zero-order chi connectivity index (χ0) is 17.1. The Kier molecular flexibility index (Phi) is 4.94. The molecule has 0 aliphatic carbocycles. The molecule has 1 amide bonds.